The van der Waals surface area contributed by atoms with Crippen LogP contribution < -0.4 is 11.1 Å². The van der Waals surface area contributed by atoms with Gasteiger partial charge in [-0.2, -0.15) is 0 Å². The number of aromatic nitrogens is 1. The number of carbonyl (C=O) groups is 2. The Labute approximate surface area is 92.8 Å². The molecule has 6 heteroatoms. The van der Waals surface area contributed by atoms with E-state index in [0.717, 1.165) is 0 Å². The molecule has 0 bridgehead atoms. The molecule has 0 aliphatic heterocycles. The smallest absolute Gasteiger partial charge is 0.339 e. The van der Waals surface area contributed by atoms with E-state index in [9.17, 15) is 9.59 Å². The molecule has 1 aromatic rings. The van der Waals surface area contributed by atoms with Crippen LogP contribution in [0.5, 0.6) is 0 Å². The van der Waals surface area contributed by atoms with Crippen molar-refractivity contribution in [3.63, 3.8) is 0 Å². The number of hydrogen-bond acceptors (Lipinski definition) is 5. The summed E-state index contributed by atoms with van der Waals surface area (Å²) in [6, 6.07) is 3.29. The molecular weight excluding hydrogens is 210 g/mol. The van der Waals surface area contributed by atoms with Crippen molar-refractivity contribution in [1.82, 2.24) is 10.3 Å². The fourth-order valence-electron chi connectivity index (χ4n) is 1.08. The number of nitrogens with two attached hydrogens (primary N) is 1. The molecule has 1 aromatic heterocycles. The van der Waals surface area contributed by atoms with Gasteiger partial charge in [0.2, 0.25) is 5.91 Å². The molecular formula is C10H13N3O3. The largest absolute Gasteiger partial charge is 0.465 e. The summed E-state index contributed by atoms with van der Waals surface area (Å²) in [5.74, 6) is -0.852. The van der Waals surface area contributed by atoms with E-state index in [1.54, 1.807) is 12.1 Å². The second-order valence-electron chi connectivity index (χ2n) is 3.10. The first kappa shape index (κ1) is 12.1. The lowest BCUT2D eigenvalue weighted by Crippen LogP contribution is -2.28. The number of nitrogens with zero attached hydrogens (tertiary/aromatic N) is 1. The van der Waals surface area contributed by atoms with Gasteiger partial charge in [-0.1, -0.05) is 0 Å². The van der Waals surface area contributed by atoms with E-state index in [-0.39, 0.29) is 6.54 Å². The van der Waals surface area contributed by atoms with Gasteiger partial charge < -0.3 is 15.8 Å². The number of primary amides is 1. The van der Waals surface area contributed by atoms with E-state index in [1.165, 1.54) is 13.3 Å². The van der Waals surface area contributed by atoms with E-state index >= 15 is 0 Å². The van der Waals surface area contributed by atoms with Crippen LogP contribution in [0.1, 0.15) is 16.1 Å². The highest BCUT2D eigenvalue weighted by atomic mass is 16.5. The number of amides is 1. The molecule has 0 saturated heterocycles. The van der Waals surface area contributed by atoms with Crippen LogP contribution in [0.25, 0.3) is 0 Å². The maximum absolute atomic E-state index is 11.1. The summed E-state index contributed by atoms with van der Waals surface area (Å²) in [5.41, 5.74) is 6.06. The molecule has 0 atom stereocenters. The van der Waals surface area contributed by atoms with Gasteiger partial charge in [-0.3, -0.25) is 9.78 Å². The number of carbonyl (C=O) groups excluding carboxylic acids is 2. The van der Waals surface area contributed by atoms with Crippen molar-refractivity contribution in [3.05, 3.63) is 29.6 Å². The molecule has 16 heavy (non-hydrogen) atoms. The summed E-state index contributed by atoms with van der Waals surface area (Å²) >= 11 is 0. The van der Waals surface area contributed by atoms with Crippen molar-refractivity contribution in [2.75, 3.05) is 13.7 Å². The lowest BCUT2D eigenvalue weighted by molar-refractivity contribution is -0.117. The standard InChI is InChI=1S/C10H13N3O3/c1-16-10(15)7-2-3-8(13-4-7)5-12-6-9(11)14/h2-4,12H,5-6H2,1H3,(H2,11,14). The van der Waals surface area contributed by atoms with Gasteiger partial charge in [0.05, 0.1) is 24.9 Å². The van der Waals surface area contributed by atoms with Crippen LogP contribution in [-0.4, -0.2) is 30.5 Å². The summed E-state index contributed by atoms with van der Waals surface area (Å²) < 4.78 is 4.53. The molecule has 0 aliphatic rings. The number of methoxy groups -OCH3 is 1. The van der Waals surface area contributed by atoms with Gasteiger partial charge in [0.25, 0.3) is 0 Å². The lowest BCUT2D eigenvalue weighted by atomic mass is 10.2. The van der Waals surface area contributed by atoms with Gasteiger partial charge in [-0.15, -0.1) is 0 Å². The molecule has 1 amide bonds. The van der Waals surface area contributed by atoms with Gasteiger partial charge >= 0.3 is 5.97 Å². The molecule has 1 heterocycles. The van der Waals surface area contributed by atoms with Gasteiger partial charge in [-0.25, -0.2) is 4.79 Å². The zero-order chi connectivity index (χ0) is 12.0. The van der Waals surface area contributed by atoms with Crippen LogP contribution in [0.3, 0.4) is 0 Å². The van der Waals surface area contributed by atoms with Crippen LogP contribution in [-0.2, 0) is 16.1 Å². The van der Waals surface area contributed by atoms with Crippen molar-refractivity contribution in [2.24, 2.45) is 5.73 Å². The summed E-state index contributed by atoms with van der Waals surface area (Å²) in [6.07, 6.45) is 1.42. The summed E-state index contributed by atoms with van der Waals surface area (Å²) in [5, 5.41) is 2.81. The first-order valence-corrected chi connectivity index (χ1v) is 4.65. The van der Waals surface area contributed by atoms with Gasteiger partial charge in [-0.05, 0) is 12.1 Å². The highest BCUT2D eigenvalue weighted by Crippen LogP contribution is 2.01. The Hall–Kier alpha value is -1.95. The fourth-order valence-corrected chi connectivity index (χ4v) is 1.08. The third-order valence-electron chi connectivity index (χ3n) is 1.85. The summed E-state index contributed by atoms with van der Waals surface area (Å²) in [4.78, 5) is 25.6. The van der Waals surface area contributed by atoms with E-state index in [0.29, 0.717) is 17.8 Å². The molecule has 3 N–H and O–H groups in total. The first-order valence-electron chi connectivity index (χ1n) is 4.65. The third kappa shape index (κ3) is 3.66. The van der Waals surface area contributed by atoms with Gasteiger partial charge in [0, 0.05) is 12.7 Å². The molecule has 0 unspecified atom stereocenters. The Balaban J connectivity index is 2.51. The number of esters is 1. The average Bonchev–Trinajstić information content (AvgIpc) is 2.28. The van der Waals surface area contributed by atoms with Crippen molar-refractivity contribution in [1.29, 1.82) is 0 Å². The third-order valence-corrected chi connectivity index (χ3v) is 1.85. The Morgan fingerprint density at radius 1 is 1.50 bits per heavy atom. The van der Waals surface area contributed by atoms with Crippen LogP contribution in [0, 0.1) is 0 Å². The number of pyridine rings is 1. The molecule has 6 nitrogen and oxygen atoms in total. The van der Waals surface area contributed by atoms with Crippen LogP contribution in [0.4, 0.5) is 0 Å². The Morgan fingerprint density at radius 2 is 2.25 bits per heavy atom. The number of hydrogen-bond donors (Lipinski definition) is 2. The molecule has 0 aliphatic carbocycles. The Kier molecular flexibility index (Phi) is 4.41. The van der Waals surface area contributed by atoms with Crippen LogP contribution >= 0.6 is 0 Å². The van der Waals surface area contributed by atoms with Crippen LogP contribution in [0.2, 0.25) is 0 Å². The maximum Gasteiger partial charge on any atom is 0.339 e. The molecule has 0 saturated carbocycles. The number of nitrogens with one attached hydrogen (secondary N) is 1. The van der Waals surface area contributed by atoms with Crippen molar-refractivity contribution < 1.29 is 14.3 Å². The minimum Gasteiger partial charge on any atom is -0.465 e. The lowest BCUT2D eigenvalue weighted by Gasteiger charge is -2.03. The van der Waals surface area contributed by atoms with Crippen molar-refractivity contribution in [2.45, 2.75) is 6.54 Å². The summed E-state index contributed by atoms with van der Waals surface area (Å²) in [6.45, 7) is 0.519. The summed E-state index contributed by atoms with van der Waals surface area (Å²) in [7, 11) is 1.31. The number of ether oxygens (including phenoxy) is 1. The average molecular weight is 223 g/mol. The highest BCUT2D eigenvalue weighted by Gasteiger charge is 2.05. The van der Waals surface area contributed by atoms with Crippen LogP contribution in [0.15, 0.2) is 18.3 Å². The monoisotopic (exact) mass is 223 g/mol. The fraction of sp³-hybridized carbons (Fsp3) is 0.300. The topological polar surface area (TPSA) is 94.3 Å². The van der Waals surface area contributed by atoms with Gasteiger partial charge in [0.15, 0.2) is 0 Å². The Morgan fingerprint density at radius 3 is 2.75 bits per heavy atom. The predicted octanol–water partition coefficient (Wildman–Crippen LogP) is -0.557. The Bertz CT molecular complexity index is 375. The quantitative estimate of drug-likeness (QED) is 0.653. The molecule has 0 fully saturated rings. The molecule has 86 valence electrons. The first-order chi connectivity index (χ1) is 7.63. The van der Waals surface area contributed by atoms with E-state index in [4.69, 9.17) is 5.73 Å². The minimum atomic E-state index is -0.427. The van der Waals surface area contributed by atoms with E-state index < -0.39 is 11.9 Å². The maximum atomic E-state index is 11.1. The molecule has 0 radical (unpaired) electrons. The molecule has 0 spiro atoms. The zero-order valence-electron chi connectivity index (χ0n) is 8.90. The van der Waals surface area contributed by atoms with Gasteiger partial charge in [0.1, 0.15) is 0 Å². The minimum absolute atomic E-state index is 0.0977. The SMILES string of the molecule is COC(=O)c1ccc(CNCC(N)=O)nc1. The highest BCUT2D eigenvalue weighted by molar-refractivity contribution is 5.88. The van der Waals surface area contributed by atoms with Crippen molar-refractivity contribution in [3.8, 4) is 0 Å². The van der Waals surface area contributed by atoms with E-state index in [1.807, 2.05) is 0 Å². The molecule has 0 aromatic carbocycles. The number of rotatable bonds is 5. The zero-order valence-corrected chi connectivity index (χ0v) is 8.90. The molecule has 1 rings (SSSR count). The van der Waals surface area contributed by atoms with Crippen molar-refractivity contribution >= 4 is 11.9 Å². The second-order valence-corrected chi connectivity index (χ2v) is 3.10. The predicted molar refractivity (Wildman–Crippen MR) is 56.5 cm³/mol. The normalized spacial score (nSPS) is 9.81. The second kappa shape index (κ2) is 5.82. The van der Waals surface area contributed by atoms with E-state index in [2.05, 4.69) is 15.0 Å².